The van der Waals surface area contributed by atoms with Gasteiger partial charge in [-0.05, 0) is 48.0 Å². The Morgan fingerprint density at radius 1 is 1.06 bits per heavy atom. The van der Waals surface area contributed by atoms with Gasteiger partial charge in [0.2, 0.25) is 11.8 Å². The predicted octanol–water partition coefficient (Wildman–Crippen LogP) is 4.96. The summed E-state index contributed by atoms with van der Waals surface area (Å²) in [5.74, 6) is 0.461. The van der Waals surface area contributed by atoms with E-state index in [0.29, 0.717) is 30.2 Å². The summed E-state index contributed by atoms with van der Waals surface area (Å²) < 4.78 is 13.7. The molecule has 8 heteroatoms. The third-order valence-electron chi connectivity index (χ3n) is 5.64. The zero-order valence-corrected chi connectivity index (χ0v) is 21.5. The first-order valence-electron chi connectivity index (χ1n) is 10.8. The van der Waals surface area contributed by atoms with E-state index >= 15 is 0 Å². The second kappa shape index (κ2) is 10.7. The Balaban J connectivity index is 1.73. The van der Waals surface area contributed by atoms with E-state index in [1.807, 2.05) is 72.8 Å². The number of nitrogens with zero attached hydrogens (tertiary/aromatic N) is 1. The highest BCUT2D eigenvalue weighted by molar-refractivity contribution is 9.10. The molecule has 1 aliphatic rings. The van der Waals surface area contributed by atoms with Gasteiger partial charge in [0.15, 0.2) is 11.6 Å². The molecule has 1 amide bonds. The molecule has 0 bridgehead atoms. The maximum absolute atomic E-state index is 13.0. The van der Waals surface area contributed by atoms with Crippen LogP contribution >= 0.6 is 31.9 Å². The van der Waals surface area contributed by atoms with Crippen LogP contribution in [0.3, 0.4) is 0 Å². The minimum absolute atomic E-state index is 0.0761. The summed E-state index contributed by atoms with van der Waals surface area (Å²) in [5, 5.41) is 8.93. The summed E-state index contributed by atoms with van der Waals surface area (Å²) in [5.41, 5.74) is 7.12. The summed E-state index contributed by atoms with van der Waals surface area (Å²) in [6, 6.07) is 22.6. The molecule has 1 aliphatic heterocycles. The number of hydrogen-bond donors (Lipinski definition) is 2. The molecule has 0 unspecified atom stereocenters. The highest BCUT2D eigenvalue weighted by Crippen LogP contribution is 2.44. The number of amides is 1. The molecule has 4 rings (SSSR count). The highest BCUT2D eigenvalue weighted by Gasteiger charge is 2.52. The van der Waals surface area contributed by atoms with Gasteiger partial charge in [-0.2, -0.15) is 0 Å². The minimum Gasteiger partial charge on any atom is -0.494 e. The number of carbonyl (C=O) groups excluding carboxylic acids is 1. The van der Waals surface area contributed by atoms with Gasteiger partial charge in [-0.1, -0.05) is 62.2 Å². The number of ether oxygens (including phenoxy) is 2. The van der Waals surface area contributed by atoms with Crippen LogP contribution in [0.4, 0.5) is 0 Å². The second-order valence-corrected chi connectivity index (χ2v) is 9.75. The topological polar surface area (TPSA) is 94.1 Å². The SMILES string of the molecule is NC(=O)[C@]1(Cc2ccc(Br)cc2)N=C(c2ccc(OCCCO)cc2)O[C@@H]1c1ccccc1Br. The van der Waals surface area contributed by atoms with E-state index in [9.17, 15) is 4.79 Å². The Hall–Kier alpha value is -2.68. The van der Waals surface area contributed by atoms with Gasteiger partial charge < -0.3 is 20.3 Å². The maximum atomic E-state index is 13.0. The lowest BCUT2D eigenvalue weighted by Crippen LogP contribution is -2.47. The molecule has 0 saturated heterocycles. The molecule has 0 aliphatic carbocycles. The Kier molecular flexibility index (Phi) is 7.70. The van der Waals surface area contributed by atoms with E-state index in [1.54, 1.807) is 0 Å². The van der Waals surface area contributed by atoms with E-state index in [4.69, 9.17) is 25.3 Å². The van der Waals surface area contributed by atoms with Crippen LogP contribution in [0.2, 0.25) is 0 Å². The number of aliphatic hydroxyl groups is 1. The van der Waals surface area contributed by atoms with Crippen molar-refractivity contribution in [3.05, 3.63) is 98.4 Å². The van der Waals surface area contributed by atoms with Crippen molar-refractivity contribution in [1.29, 1.82) is 0 Å². The molecule has 2 atom stereocenters. The van der Waals surface area contributed by atoms with Crippen LogP contribution in [0.1, 0.15) is 29.2 Å². The van der Waals surface area contributed by atoms with Gasteiger partial charge in [0, 0.05) is 39.5 Å². The van der Waals surface area contributed by atoms with Crippen LogP contribution in [0, 0.1) is 0 Å². The van der Waals surface area contributed by atoms with Crippen LogP contribution in [-0.4, -0.2) is 35.7 Å². The Morgan fingerprint density at radius 3 is 2.41 bits per heavy atom. The number of rotatable bonds is 9. The van der Waals surface area contributed by atoms with Gasteiger partial charge in [-0.25, -0.2) is 4.99 Å². The maximum Gasteiger partial charge on any atom is 0.250 e. The molecule has 0 spiro atoms. The molecule has 1 heterocycles. The molecule has 0 saturated carbocycles. The lowest BCUT2D eigenvalue weighted by atomic mass is 9.82. The van der Waals surface area contributed by atoms with Crippen molar-refractivity contribution in [2.75, 3.05) is 13.2 Å². The van der Waals surface area contributed by atoms with Crippen molar-refractivity contribution in [3.8, 4) is 5.75 Å². The van der Waals surface area contributed by atoms with E-state index < -0.39 is 17.6 Å². The minimum atomic E-state index is -1.33. The van der Waals surface area contributed by atoms with Crippen molar-refractivity contribution in [3.63, 3.8) is 0 Å². The average Bonchev–Trinajstić information content (AvgIpc) is 3.22. The fourth-order valence-electron chi connectivity index (χ4n) is 3.88. The van der Waals surface area contributed by atoms with Crippen LogP contribution in [-0.2, 0) is 16.0 Å². The average molecular weight is 588 g/mol. The number of hydrogen-bond acceptors (Lipinski definition) is 5. The van der Waals surface area contributed by atoms with E-state index in [0.717, 1.165) is 20.1 Å². The van der Waals surface area contributed by atoms with E-state index in [1.165, 1.54) is 0 Å². The largest absolute Gasteiger partial charge is 0.494 e. The highest BCUT2D eigenvalue weighted by atomic mass is 79.9. The third-order valence-corrected chi connectivity index (χ3v) is 6.89. The molecule has 0 aromatic heterocycles. The number of aliphatic imine (C=N–C) groups is 1. The van der Waals surface area contributed by atoms with Crippen LogP contribution in [0.5, 0.6) is 5.75 Å². The van der Waals surface area contributed by atoms with Crippen molar-refractivity contribution in [2.45, 2.75) is 24.5 Å². The Labute approximate surface area is 215 Å². The Morgan fingerprint density at radius 2 is 1.76 bits per heavy atom. The first-order valence-corrected chi connectivity index (χ1v) is 12.4. The summed E-state index contributed by atoms with van der Waals surface area (Å²) in [6.07, 6.45) is 0.135. The molecule has 34 heavy (non-hydrogen) atoms. The molecular weight excluding hydrogens is 564 g/mol. The van der Waals surface area contributed by atoms with Gasteiger partial charge in [-0.3, -0.25) is 4.79 Å². The molecule has 3 N–H and O–H groups in total. The van der Waals surface area contributed by atoms with E-state index in [2.05, 4.69) is 31.9 Å². The van der Waals surface area contributed by atoms with Crippen molar-refractivity contribution >= 4 is 43.7 Å². The Bertz CT molecular complexity index is 1180. The van der Waals surface area contributed by atoms with Gasteiger partial charge in [-0.15, -0.1) is 0 Å². The number of carbonyl (C=O) groups is 1. The lowest BCUT2D eigenvalue weighted by molar-refractivity contribution is -0.125. The van der Waals surface area contributed by atoms with Crippen LogP contribution in [0.15, 0.2) is 86.7 Å². The second-order valence-electron chi connectivity index (χ2n) is 7.98. The molecule has 0 fully saturated rings. The monoisotopic (exact) mass is 586 g/mol. The summed E-state index contributed by atoms with van der Waals surface area (Å²) in [4.78, 5) is 17.9. The zero-order valence-electron chi connectivity index (χ0n) is 18.3. The predicted molar refractivity (Wildman–Crippen MR) is 138 cm³/mol. The lowest BCUT2D eigenvalue weighted by Gasteiger charge is -2.29. The summed E-state index contributed by atoms with van der Waals surface area (Å²) in [7, 11) is 0. The van der Waals surface area contributed by atoms with Crippen molar-refractivity contribution < 1.29 is 19.4 Å². The third kappa shape index (κ3) is 5.19. The molecule has 176 valence electrons. The molecule has 3 aromatic rings. The van der Waals surface area contributed by atoms with Crippen molar-refractivity contribution in [2.24, 2.45) is 10.7 Å². The van der Waals surface area contributed by atoms with E-state index in [-0.39, 0.29) is 13.0 Å². The standard InChI is InChI=1S/C26H24Br2N2O4/c27-19-10-6-17(7-11-19)16-26(25(29)32)23(21-4-1-2-5-22(21)28)34-24(30-26)18-8-12-20(13-9-18)33-15-3-14-31/h1-2,4-13,23,31H,3,14-16H2,(H2,29,32)/t23-,26-/m1/s1. The number of halogens is 2. The fourth-order valence-corrected chi connectivity index (χ4v) is 4.64. The van der Waals surface area contributed by atoms with Crippen LogP contribution in [0.25, 0.3) is 0 Å². The first kappa shape index (κ1) is 24.4. The van der Waals surface area contributed by atoms with Gasteiger partial charge in [0.1, 0.15) is 5.75 Å². The normalized spacial score (nSPS) is 19.4. The fraction of sp³-hybridized carbons (Fsp3) is 0.231. The molecule has 6 nitrogen and oxygen atoms in total. The van der Waals surface area contributed by atoms with Gasteiger partial charge >= 0.3 is 0 Å². The number of primary amides is 1. The summed E-state index contributed by atoms with van der Waals surface area (Å²) in [6.45, 7) is 0.502. The number of aliphatic hydroxyl groups excluding tert-OH is 1. The quantitative estimate of drug-likeness (QED) is 0.346. The molecule has 0 radical (unpaired) electrons. The smallest absolute Gasteiger partial charge is 0.250 e. The van der Waals surface area contributed by atoms with Crippen molar-refractivity contribution in [1.82, 2.24) is 0 Å². The number of nitrogens with two attached hydrogens (primary N) is 1. The molecule has 3 aromatic carbocycles. The first-order chi connectivity index (χ1) is 16.4. The summed E-state index contributed by atoms with van der Waals surface area (Å²) >= 11 is 7.05. The van der Waals surface area contributed by atoms with Gasteiger partial charge in [0.25, 0.3) is 0 Å². The van der Waals surface area contributed by atoms with Crippen LogP contribution < -0.4 is 10.5 Å². The molecular formula is C26H24Br2N2O4. The van der Waals surface area contributed by atoms with Gasteiger partial charge in [0.05, 0.1) is 6.61 Å². The number of benzene rings is 3. The zero-order chi connectivity index (χ0) is 24.1.